The van der Waals surface area contributed by atoms with Crippen molar-refractivity contribution in [1.82, 2.24) is 0 Å². The van der Waals surface area contributed by atoms with E-state index in [0.29, 0.717) is 0 Å². The van der Waals surface area contributed by atoms with E-state index >= 15 is 0 Å². The summed E-state index contributed by atoms with van der Waals surface area (Å²) in [6.45, 7) is 0. The Morgan fingerprint density at radius 2 is 1.64 bits per heavy atom. The first kappa shape index (κ1) is 12.0. The summed E-state index contributed by atoms with van der Waals surface area (Å²) in [7, 11) is 1.70. The number of fused-ring (bicyclic) bond motifs is 1. The molecule has 3 heteroatoms. The van der Waals surface area contributed by atoms with Crippen molar-refractivity contribution in [3.8, 4) is 5.75 Å². The van der Waals surface area contributed by atoms with Crippen LogP contribution < -0.4 is 24.8 Å². The van der Waals surface area contributed by atoms with Crippen molar-refractivity contribution in [2.75, 3.05) is 7.11 Å². The molecule has 1 nitrogen and oxygen atoms in total. The van der Waals surface area contributed by atoms with Crippen LogP contribution in [-0.2, 0) is 25.8 Å². The fraction of sp³-hybridized carbons (Fsp3) is 0.0909. The van der Waals surface area contributed by atoms with Gasteiger partial charge >= 0.3 is 93.7 Å². The van der Waals surface area contributed by atoms with Crippen molar-refractivity contribution in [1.29, 1.82) is 0 Å². The second kappa shape index (κ2) is 5.12. The van der Waals surface area contributed by atoms with Gasteiger partial charge < -0.3 is 17.0 Å². The van der Waals surface area contributed by atoms with Crippen LogP contribution in [0.2, 0.25) is 0 Å². The summed E-state index contributed by atoms with van der Waals surface area (Å²) in [6.07, 6.45) is 0. The molecular weight excluding hydrogens is 340 g/mol. The normalized spacial score (nSPS) is 9.64. The fourth-order valence-corrected chi connectivity index (χ4v) is 2.36. The Morgan fingerprint density at radius 3 is 2.36 bits per heavy atom. The molecule has 0 spiro atoms. The summed E-state index contributed by atoms with van der Waals surface area (Å²) in [5, 5.41) is 2.56. The average molecular weight is 350 g/mol. The number of ether oxygens (including phenoxy) is 1. The Balaban J connectivity index is 0.000000980. The van der Waals surface area contributed by atoms with Crippen LogP contribution in [0.4, 0.5) is 0 Å². The van der Waals surface area contributed by atoms with Crippen LogP contribution in [0.1, 0.15) is 0 Å². The number of hydrogen-bond acceptors (Lipinski definition) is 1. The van der Waals surface area contributed by atoms with Gasteiger partial charge in [0.25, 0.3) is 0 Å². The van der Waals surface area contributed by atoms with E-state index in [1.165, 1.54) is 13.9 Å². The molecule has 0 aromatic heterocycles. The first-order valence-corrected chi connectivity index (χ1v) is 6.21. The second-order valence-corrected chi connectivity index (χ2v) is 5.38. The molecule has 0 N–H and O–H groups in total. The van der Waals surface area contributed by atoms with E-state index in [1.807, 2.05) is 6.07 Å². The molecule has 0 fully saturated rings. The first-order valence-electron chi connectivity index (χ1n) is 4.19. The average Bonchev–Trinajstić information content (AvgIpc) is 2.17. The zero-order chi connectivity index (χ0) is 9.26. The maximum atomic E-state index is 5.16. The molecule has 0 unspecified atom stereocenters. The Kier molecular flexibility index (Phi) is 4.38. The number of benzene rings is 2. The smallest absolute Gasteiger partial charge is 1.00 e. The maximum Gasteiger partial charge on any atom is -1.00 e. The summed E-state index contributed by atoms with van der Waals surface area (Å²) >= 11 is 0.890. The molecule has 14 heavy (non-hydrogen) atoms. The predicted octanol–water partition coefficient (Wildman–Crippen LogP) is -0.976. The molecule has 0 bridgehead atoms. The van der Waals surface area contributed by atoms with Gasteiger partial charge in [0.15, 0.2) is 0 Å². The van der Waals surface area contributed by atoms with Gasteiger partial charge in [-0.25, -0.2) is 0 Å². The number of halogens is 1. The van der Waals surface area contributed by atoms with Crippen LogP contribution in [-0.4, -0.2) is 7.11 Å². The van der Waals surface area contributed by atoms with Crippen LogP contribution in [0.15, 0.2) is 36.4 Å². The van der Waals surface area contributed by atoms with Crippen LogP contribution in [0.25, 0.3) is 10.8 Å². The molecule has 2 aromatic carbocycles. The van der Waals surface area contributed by atoms with Crippen molar-refractivity contribution in [3.63, 3.8) is 0 Å². The molecule has 0 amide bonds. The third-order valence-corrected chi connectivity index (χ3v) is 3.37. The molecule has 0 aliphatic carbocycles. The van der Waals surface area contributed by atoms with E-state index in [1.54, 1.807) is 7.11 Å². The van der Waals surface area contributed by atoms with Crippen molar-refractivity contribution in [2.24, 2.45) is 0 Å². The Hall–Kier alpha value is -0.0979. The van der Waals surface area contributed by atoms with E-state index in [0.717, 1.165) is 31.5 Å². The molecule has 0 aliphatic heterocycles. The van der Waals surface area contributed by atoms with Crippen LogP contribution in [0, 0.1) is 0 Å². The zero-order valence-corrected chi connectivity index (χ0v) is 13.6. The van der Waals surface area contributed by atoms with Crippen molar-refractivity contribution >= 4 is 13.9 Å². The minimum Gasteiger partial charge on any atom is -1.00 e. The van der Waals surface area contributed by atoms with Crippen molar-refractivity contribution < 1.29 is 47.5 Å². The van der Waals surface area contributed by atoms with E-state index < -0.39 is 0 Å². The first-order chi connectivity index (χ1) is 6.29. The Bertz CT molecular complexity index is 442. The minimum atomic E-state index is 0. The van der Waals surface area contributed by atoms with Crippen LogP contribution in [0.3, 0.4) is 0 Å². The summed E-state index contributed by atoms with van der Waals surface area (Å²) in [4.78, 5) is 0. The molecule has 0 radical (unpaired) electrons. The van der Waals surface area contributed by atoms with Gasteiger partial charge in [-0.2, -0.15) is 0 Å². The second-order valence-electron chi connectivity index (χ2n) is 3.05. The maximum absolute atomic E-state index is 5.16. The van der Waals surface area contributed by atoms with Gasteiger partial charge in [0.2, 0.25) is 0 Å². The summed E-state index contributed by atoms with van der Waals surface area (Å²) < 4.78 is 6.62. The minimum absolute atomic E-state index is 0. The van der Waals surface area contributed by atoms with Gasteiger partial charge in [-0.05, 0) is 0 Å². The number of rotatable bonds is 1. The van der Waals surface area contributed by atoms with Crippen LogP contribution in [0.5, 0.6) is 5.75 Å². The van der Waals surface area contributed by atoms with E-state index in [-0.39, 0.29) is 17.0 Å². The molecule has 0 saturated carbocycles. The van der Waals surface area contributed by atoms with Gasteiger partial charge in [0.1, 0.15) is 0 Å². The predicted molar refractivity (Wildman–Crippen MR) is 50.1 cm³/mol. The van der Waals surface area contributed by atoms with E-state index in [2.05, 4.69) is 30.3 Å². The SMILES string of the molecule is COc1ccc2c[c]([Cd+])ccc2c1.[Br-]. The summed E-state index contributed by atoms with van der Waals surface area (Å²) in [5.74, 6) is 0.927. The molecule has 2 rings (SSSR count). The molecule has 0 heterocycles. The Morgan fingerprint density at radius 1 is 1.00 bits per heavy atom. The monoisotopic (exact) mass is 350 g/mol. The van der Waals surface area contributed by atoms with Crippen molar-refractivity contribution in [3.05, 3.63) is 36.4 Å². The van der Waals surface area contributed by atoms with Crippen LogP contribution >= 0.6 is 0 Å². The standard InChI is InChI=1S/C11H9O.BrH.Cd/c1-12-11-7-6-9-4-2-3-5-10(9)8-11;;/h3-8H,1H3;1H;/q;;+1/p-1. The third-order valence-electron chi connectivity index (χ3n) is 2.11. The third kappa shape index (κ3) is 2.48. The topological polar surface area (TPSA) is 9.23 Å². The van der Waals surface area contributed by atoms with Gasteiger partial charge in [-0.3, -0.25) is 0 Å². The Labute approximate surface area is 110 Å². The molecule has 2 aromatic rings. The van der Waals surface area contributed by atoms with Crippen molar-refractivity contribution in [2.45, 2.75) is 0 Å². The quantitative estimate of drug-likeness (QED) is 0.602. The van der Waals surface area contributed by atoms with E-state index in [9.17, 15) is 0 Å². The van der Waals surface area contributed by atoms with Gasteiger partial charge in [0, 0.05) is 0 Å². The summed E-state index contributed by atoms with van der Waals surface area (Å²) in [5.41, 5.74) is 0. The fourth-order valence-electron chi connectivity index (χ4n) is 1.40. The molecule has 0 atom stereocenters. The largest absolute Gasteiger partial charge is 1.00 e. The van der Waals surface area contributed by atoms with Gasteiger partial charge in [0.05, 0.1) is 0 Å². The number of methoxy groups -OCH3 is 1. The zero-order valence-electron chi connectivity index (χ0n) is 7.96. The molecular formula is C11H9BrCdO. The van der Waals surface area contributed by atoms with Gasteiger partial charge in [-0.1, -0.05) is 0 Å². The molecule has 0 saturated heterocycles. The van der Waals surface area contributed by atoms with Gasteiger partial charge in [-0.15, -0.1) is 0 Å². The molecule has 0 aliphatic rings. The summed E-state index contributed by atoms with van der Waals surface area (Å²) in [6, 6.07) is 12.8. The molecule has 68 valence electrons. The van der Waals surface area contributed by atoms with E-state index in [4.69, 9.17) is 4.74 Å². The number of hydrogen-bond donors (Lipinski definition) is 0.